The lowest BCUT2D eigenvalue weighted by molar-refractivity contribution is -0.384. The van der Waals surface area contributed by atoms with Crippen LogP contribution in [-0.2, 0) is 12.6 Å². The number of rotatable bonds is 4. The zero-order valence-corrected chi connectivity index (χ0v) is 15.4. The predicted molar refractivity (Wildman–Crippen MR) is 96.4 cm³/mol. The fraction of sp³-hybridized carbons (Fsp3) is 0.500. The number of anilines is 2. The quantitative estimate of drug-likeness (QED) is 0.574. The third-order valence-corrected chi connectivity index (χ3v) is 5.19. The second kappa shape index (κ2) is 7.67. The highest BCUT2D eigenvalue weighted by Gasteiger charge is 2.34. The Morgan fingerprint density at radius 3 is 2.56 bits per heavy atom. The number of aromatic nitrogens is 2. The van der Waals surface area contributed by atoms with Crippen LogP contribution in [0.1, 0.15) is 24.7 Å². The monoisotopic (exact) mass is 401 g/mol. The van der Waals surface area contributed by atoms with Crippen LogP contribution in [0.25, 0.3) is 0 Å². The molecule has 7 nitrogen and oxygen atoms in total. The first-order chi connectivity index (χ1) is 12.8. The van der Waals surface area contributed by atoms with E-state index in [4.69, 9.17) is 0 Å². The second-order valence-electron chi connectivity index (χ2n) is 6.13. The summed E-state index contributed by atoms with van der Waals surface area (Å²) >= 11 is 1.31. The molecule has 0 bridgehead atoms. The maximum Gasteiger partial charge on any atom is 0.416 e. The first kappa shape index (κ1) is 19.3. The molecule has 1 saturated heterocycles. The van der Waals surface area contributed by atoms with Gasteiger partial charge in [-0.25, -0.2) is 4.98 Å². The number of nitro groups is 1. The summed E-state index contributed by atoms with van der Waals surface area (Å²) < 4.78 is 42.9. The van der Waals surface area contributed by atoms with Gasteiger partial charge < -0.3 is 9.80 Å². The van der Waals surface area contributed by atoms with Gasteiger partial charge in [0.25, 0.3) is 5.69 Å². The third-order valence-electron chi connectivity index (χ3n) is 4.38. The van der Waals surface area contributed by atoms with E-state index in [9.17, 15) is 23.3 Å². The van der Waals surface area contributed by atoms with Crippen LogP contribution in [0.3, 0.4) is 0 Å². The van der Waals surface area contributed by atoms with Crippen LogP contribution in [0.15, 0.2) is 18.2 Å². The van der Waals surface area contributed by atoms with Gasteiger partial charge in [0, 0.05) is 50.2 Å². The van der Waals surface area contributed by atoms with Crippen molar-refractivity contribution < 1.29 is 18.1 Å². The summed E-state index contributed by atoms with van der Waals surface area (Å²) in [6, 6.07) is 2.69. The first-order valence-electron chi connectivity index (χ1n) is 8.47. The Balaban J connectivity index is 1.81. The highest BCUT2D eigenvalue weighted by atomic mass is 32.1. The summed E-state index contributed by atoms with van der Waals surface area (Å²) in [5.41, 5.74) is -1.33. The number of hydrogen-bond donors (Lipinski definition) is 0. The van der Waals surface area contributed by atoms with Crippen molar-refractivity contribution >= 4 is 28.0 Å². The number of benzene rings is 1. The lowest BCUT2D eigenvalue weighted by atomic mass is 10.1. The van der Waals surface area contributed by atoms with Crippen molar-refractivity contribution in [3.8, 4) is 0 Å². The minimum Gasteiger partial charge on any atom is -0.364 e. The second-order valence-corrected chi connectivity index (χ2v) is 6.86. The number of halogens is 3. The molecule has 0 spiro atoms. The van der Waals surface area contributed by atoms with Gasteiger partial charge in [0.1, 0.15) is 11.5 Å². The molecule has 1 fully saturated rings. The van der Waals surface area contributed by atoms with Crippen LogP contribution in [0, 0.1) is 10.1 Å². The molecule has 146 valence electrons. The molecule has 2 aromatic rings. The lowest BCUT2D eigenvalue weighted by Gasteiger charge is -2.23. The largest absolute Gasteiger partial charge is 0.416 e. The lowest BCUT2D eigenvalue weighted by Crippen LogP contribution is -2.31. The van der Waals surface area contributed by atoms with Gasteiger partial charge >= 0.3 is 6.18 Å². The summed E-state index contributed by atoms with van der Waals surface area (Å²) in [4.78, 5) is 18.9. The number of alkyl halides is 3. The van der Waals surface area contributed by atoms with Crippen molar-refractivity contribution in [2.24, 2.45) is 0 Å². The van der Waals surface area contributed by atoms with E-state index < -0.39 is 22.4 Å². The molecular weight excluding hydrogens is 383 g/mol. The van der Waals surface area contributed by atoms with Crippen molar-refractivity contribution in [1.82, 2.24) is 9.36 Å². The molecule has 0 amide bonds. The van der Waals surface area contributed by atoms with E-state index in [1.807, 2.05) is 6.92 Å². The maximum absolute atomic E-state index is 12.9. The van der Waals surface area contributed by atoms with Crippen molar-refractivity contribution in [1.29, 1.82) is 0 Å². The van der Waals surface area contributed by atoms with Gasteiger partial charge in [0.05, 0.1) is 10.5 Å². The topological polar surface area (TPSA) is 75.4 Å². The predicted octanol–water partition coefficient (Wildman–Crippen LogP) is 3.74. The van der Waals surface area contributed by atoms with Crippen LogP contribution in [0.4, 0.5) is 29.7 Å². The molecule has 1 aliphatic rings. The minimum absolute atomic E-state index is 0.210. The smallest absolute Gasteiger partial charge is 0.364 e. The molecule has 0 atom stereocenters. The molecular formula is C16H18F3N5O2S. The summed E-state index contributed by atoms with van der Waals surface area (Å²) in [6.45, 7) is 4.22. The van der Waals surface area contributed by atoms with E-state index in [-0.39, 0.29) is 5.69 Å². The summed E-state index contributed by atoms with van der Waals surface area (Å²) in [6.07, 6.45) is -3.17. The van der Waals surface area contributed by atoms with Gasteiger partial charge in [-0.05, 0) is 18.6 Å². The van der Waals surface area contributed by atoms with Crippen molar-refractivity contribution in [2.45, 2.75) is 25.9 Å². The van der Waals surface area contributed by atoms with Gasteiger partial charge in [0.15, 0.2) is 0 Å². The molecule has 1 aromatic carbocycles. The van der Waals surface area contributed by atoms with E-state index in [1.54, 1.807) is 4.90 Å². The average Bonchev–Trinajstić information content (AvgIpc) is 2.97. The molecule has 0 saturated carbocycles. The molecule has 11 heteroatoms. The molecule has 2 heterocycles. The Morgan fingerprint density at radius 2 is 1.93 bits per heavy atom. The van der Waals surface area contributed by atoms with E-state index >= 15 is 0 Å². The van der Waals surface area contributed by atoms with Crippen LogP contribution in [-0.4, -0.2) is 40.5 Å². The van der Waals surface area contributed by atoms with Gasteiger partial charge in [-0.1, -0.05) is 6.92 Å². The zero-order chi connectivity index (χ0) is 19.6. The summed E-state index contributed by atoms with van der Waals surface area (Å²) in [7, 11) is 0. The molecule has 1 aliphatic heterocycles. The molecule has 0 aliphatic carbocycles. The van der Waals surface area contributed by atoms with E-state index in [0.29, 0.717) is 38.7 Å². The van der Waals surface area contributed by atoms with Crippen molar-refractivity contribution in [2.75, 3.05) is 36.0 Å². The Labute approximate surface area is 157 Å². The molecule has 0 radical (unpaired) electrons. The van der Waals surface area contributed by atoms with Crippen molar-refractivity contribution in [3.63, 3.8) is 0 Å². The highest BCUT2D eigenvalue weighted by Crippen LogP contribution is 2.37. The number of nitrogens with zero attached hydrogens (tertiary/aromatic N) is 5. The summed E-state index contributed by atoms with van der Waals surface area (Å²) in [5.74, 6) is 0.773. The molecule has 1 aromatic heterocycles. The Bertz CT molecular complexity index is 827. The number of aryl methyl sites for hydroxylation is 1. The van der Waals surface area contributed by atoms with E-state index in [0.717, 1.165) is 23.4 Å². The fourth-order valence-corrected chi connectivity index (χ4v) is 3.78. The average molecular weight is 401 g/mol. The van der Waals surface area contributed by atoms with Crippen LogP contribution >= 0.6 is 11.5 Å². The third kappa shape index (κ3) is 4.29. The molecule has 0 N–H and O–H groups in total. The Morgan fingerprint density at radius 1 is 1.22 bits per heavy atom. The van der Waals surface area contributed by atoms with E-state index in [1.165, 1.54) is 17.6 Å². The van der Waals surface area contributed by atoms with Gasteiger partial charge in [-0.3, -0.25) is 10.1 Å². The van der Waals surface area contributed by atoms with Gasteiger partial charge in [-0.15, -0.1) is 0 Å². The number of nitro benzene ring substituents is 1. The SMILES string of the molecule is CCc1nsc(N2CCCN(c3ccc(C(F)(F)F)cc3[N+](=O)[O-])CC2)n1. The van der Waals surface area contributed by atoms with Crippen molar-refractivity contribution in [3.05, 3.63) is 39.7 Å². The van der Waals surface area contributed by atoms with Crippen LogP contribution < -0.4 is 9.80 Å². The molecule has 0 unspecified atom stereocenters. The van der Waals surface area contributed by atoms with Crippen LogP contribution in [0.2, 0.25) is 0 Å². The summed E-state index contributed by atoms with van der Waals surface area (Å²) in [5, 5.41) is 12.1. The number of hydrogen-bond acceptors (Lipinski definition) is 7. The van der Waals surface area contributed by atoms with Crippen LogP contribution in [0.5, 0.6) is 0 Å². The minimum atomic E-state index is -4.62. The van der Waals surface area contributed by atoms with E-state index in [2.05, 4.69) is 14.3 Å². The van der Waals surface area contributed by atoms with Gasteiger partial charge in [-0.2, -0.15) is 17.5 Å². The maximum atomic E-state index is 12.9. The van der Waals surface area contributed by atoms with Gasteiger partial charge in [0.2, 0.25) is 5.13 Å². The Kier molecular flexibility index (Phi) is 5.49. The molecule has 27 heavy (non-hydrogen) atoms. The molecule has 3 rings (SSSR count). The zero-order valence-electron chi connectivity index (χ0n) is 14.6. The fourth-order valence-electron chi connectivity index (χ4n) is 2.98. The normalized spacial score (nSPS) is 15.7. The standard InChI is InChI=1S/C16H18F3N5O2S/c1-2-14-20-15(27-21-14)23-7-3-6-22(8-9-23)12-5-4-11(16(17,18)19)10-13(12)24(25)26/h4-5,10H,2-3,6-9H2,1H3. The first-order valence-corrected chi connectivity index (χ1v) is 9.25. The Hall–Kier alpha value is -2.43. The highest BCUT2D eigenvalue weighted by molar-refractivity contribution is 7.09.